The third-order valence-corrected chi connectivity index (χ3v) is 7.80. The molecule has 15 nitrogen and oxygen atoms in total. The van der Waals surface area contributed by atoms with E-state index in [2.05, 4.69) is 21.9 Å². The highest BCUT2D eigenvalue weighted by Gasteiger charge is 2.42. The maximum atomic E-state index is 13.8. The molecule has 0 saturated carbocycles. The molecule has 1 saturated heterocycles. The number of nitrogens with one attached hydrogen (secondary N) is 1. The molecule has 1 unspecified atom stereocenters. The summed E-state index contributed by atoms with van der Waals surface area (Å²) >= 11 is 0. The zero-order valence-corrected chi connectivity index (χ0v) is 28.1. The van der Waals surface area contributed by atoms with E-state index < -0.39 is 53.1 Å². The fraction of sp³-hybridized carbons (Fsp3) is 0.471. The number of aryl methyl sites for hydroxylation is 1. The fourth-order valence-corrected chi connectivity index (χ4v) is 5.07. The average Bonchev–Trinajstić information content (AvgIpc) is 3.10. The number of Topliss-reactive ketones (excluding diaryl/α,β-unsaturated/α-hetero) is 1. The minimum absolute atomic E-state index is 0.135. The molecular weight excluding hydrogens is 640 g/mol. The molecule has 1 aliphatic heterocycles. The molecule has 2 heterocycles. The molecule has 1 aromatic heterocycles. The van der Waals surface area contributed by atoms with Crippen molar-refractivity contribution < 1.29 is 52.8 Å². The molecule has 15 heteroatoms. The highest BCUT2D eigenvalue weighted by Crippen LogP contribution is 2.34. The highest BCUT2D eigenvalue weighted by atomic mass is 16.5. The zero-order valence-electron chi connectivity index (χ0n) is 28.1. The number of carboxylic acid groups (broad SMARTS) is 1. The fourth-order valence-electron chi connectivity index (χ4n) is 5.07. The van der Waals surface area contributed by atoms with Crippen LogP contribution in [0.5, 0.6) is 11.5 Å². The minimum Gasteiger partial charge on any atom is -0.493 e. The van der Waals surface area contributed by atoms with Gasteiger partial charge in [-0.15, -0.1) is 0 Å². The summed E-state index contributed by atoms with van der Waals surface area (Å²) in [5.41, 5.74) is -0.334. The number of nitrogens with zero attached hydrogens (tertiary/aromatic N) is 3. The van der Waals surface area contributed by atoms with Gasteiger partial charge in [0.1, 0.15) is 18.8 Å². The predicted molar refractivity (Wildman–Crippen MR) is 174 cm³/mol. The van der Waals surface area contributed by atoms with Crippen molar-refractivity contribution in [3.63, 3.8) is 0 Å². The van der Waals surface area contributed by atoms with Gasteiger partial charge in [0.25, 0.3) is 5.91 Å². The number of likely N-dealkylation sites (tertiary alicyclic amines) is 1. The van der Waals surface area contributed by atoms with E-state index in [-0.39, 0.29) is 51.1 Å². The van der Waals surface area contributed by atoms with Gasteiger partial charge in [-0.2, -0.15) is 0 Å². The summed E-state index contributed by atoms with van der Waals surface area (Å²) in [6.07, 6.45) is 4.26. The summed E-state index contributed by atoms with van der Waals surface area (Å²) in [5.74, 6) is -3.77. The second-order valence-corrected chi connectivity index (χ2v) is 12.0. The number of aromatic nitrogens is 2. The van der Waals surface area contributed by atoms with Crippen molar-refractivity contribution in [3.8, 4) is 11.5 Å². The average molecular weight is 683 g/mol. The number of aliphatic carboxylic acids is 1. The van der Waals surface area contributed by atoms with E-state index in [0.717, 1.165) is 6.08 Å². The lowest BCUT2D eigenvalue weighted by Gasteiger charge is -2.36. The number of hydrogen-bond acceptors (Lipinski definition) is 12. The summed E-state index contributed by atoms with van der Waals surface area (Å²) in [6.45, 7) is 6.10. The number of methoxy groups -OCH3 is 2. The minimum atomic E-state index is -1.35. The van der Waals surface area contributed by atoms with Crippen molar-refractivity contribution in [2.24, 2.45) is 5.41 Å². The van der Waals surface area contributed by atoms with Crippen molar-refractivity contribution in [2.75, 3.05) is 32.7 Å². The molecular formula is C34H42N4O11. The number of carbonyl (C=O) groups excluding carboxylic acids is 5. The lowest BCUT2D eigenvalue weighted by atomic mass is 9.87. The summed E-state index contributed by atoms with van der Waals surface area (Å²) in [7, 11) is 2.96. The summed E-state index contributed by atoms with van der Waals surface area (Å²) < 4.78 is 21.9. The third-order valence-electron chi connectivity index (χ3n) is 7.80. The van der Waals surface area contributed by atoms with E-state index in [4.69, 9.17) is 24.1 Å². The van der Waals surface area contributed by atoms with E-state index in [1.165, 1.54) is 45.4 Å². The van der Waals surface area contributed by atoms with Crippen LogP contribution in [0.2, 0.25) is 0 Å². The molecule has 0 bridgehead atoms. The van der Waals surface area contributed by atoms with E-state index >= 15 is 0 Å². The lowest BCUT2D eigenvalue weighted by molar-refractivity contribution is -0.165. The standard InChI is InChI=1S/C34H42N4O11/c1-6-30(42)48-20-34(2,3)31(43)32(44)38-16-8-7-9-23(38)33(45)49-24(21-10-12-25(46-4)26(17-21)47-5)13-11-22-18-35-19-27(36-22)37-28(39)14-15-29(40)41/h6,10,12,17-19,23-24H,1,7-9,11,13-16,20H2,2-5H3,(H,40,41)(H,36,37,39)/t23-,24?/m0/s1. The van der Waals surface area contributed by atoms with Gasteiger partial charge in [-0.05, 0) is 63.6 Å². The van der Waals surface area contributed by atoms with Crippen LogP contribution in [0.4, 0.5) is 5.82 Å². The third kappa shape index (κ3) is 10.8. The van der Waals surface area contributed by atoms with Crippen LogP contribution >= 0.6 is 0 Å². The van der Waals surface area contributed by atoms with Crippen molar-refractivity contribution in [2.45, 2.75) is 70.9 Å². The molecule has 2 aromatic rings. The predicted octanol–water partition coefficient (Wildman–Crippen LogP) is 3.22. The molecule has 264 valence electrons. The Morgan fingerprint density at radius 3 is 2.49 bits per heavy atom. The van der Waals surface area contributed by atoms with E-state index in [9.17, 15) is 28.8 Å². The smallest absolute Gasteiger partial charge is 0.330 e. The Morgan fingerprint density at radius 1 is 1.08 bits per heavy atom. The first-order valence-electron chi connectivity index (χ1n) is 15.7. The number of piperidine rings is 1. The van der Waals surface area contributed by atoms with Gasteiger partial charge < -0.3 is 34.3 Å². The number of rotatable bonds is 17. The van der Waals surface area contributed by atoms with E-state index in [1.807, 2.05) is 0 Å². The first-order valence-corrected chi connectivity index (χ1v) is 15.7. The second kappa shape index (κ2) is 17.7. The van der Waals surface area contributed by atoms with Crippen LogP contribution in [0.25, 0.3) is 0 Å². The summed E-state index contributed by atoms with van der Waals surface area (Å²) in [5, 5.41) is 11.4. The Morgan fingerprint density at radius 2 is 1.82 bits per heavy atom. The van der Waals surface area contributed by atoms with Gasteiger partial charge in [0.15, 0.2) is 17.3 Å². The molecule has 49 heavy (non-hydrogen) atoms. The zero-order chi connectivity index (χ0) is 36.1. The number of carboxylic acids is 1. The van der Waals surface area contributed by atoms with Crippen LogP contribution in [0.3, 0.4) is 0 Å². The molecule has 1 aliphatic rings. The quantitative estimate of drug-likeness (QED) is 0.140. The van der Waals surface area contributed by atoms with Gasteiger partial charge in [0, 0.05) is 25.2 Å². The SMILES string of the molecule is C=CC(=O)OCC(C)(C)C(=O)C(=O)N1CCCC[C@H]1C(=O)OC(CCc1cncc(NC(=O)CCC(=O)O)n1)c1ccc(OC)c(OC)c1. The molecule has 0 radical (unpaired) electrons. The monoisotopic (exact) mass is 682 g/mol. The van der Waals surface area contributed by atoms with Crippen molar-refractivity contribution >= 4 is 41.3 Å². The summed E-state index contributed by atoms with van der Waals surface area (Å²) in [4.78, 5) is 84.8. The Balaban J connectivity index is 1.83. The van der Waals surface area contributed by atoms with Crippen LogP contribution in [-0.4, -0.2) is 88.9 Å². The van der Waals surface area contributed by atoms with Crippen LogP contribution in [-0.2, 0) is 44.7 Å². The van der Waals surface area contributed by atoms with Gasteiger partial charge in [-0.3, -0.25) is 24.2 Å². The largest absolute Gasteiger partial charge is 0.493 e. The molecule has 0 aliphatic carbocycles. The normalized spacial score (nSPS) is 14.9. The molecule has 3 rings (SSSR count). The van der Waals surface area contributed by atoms with Gasteiger partial charge in [0.2, 0.25) is 11.7 Å². The Bertz CT molecular complexity index is 1560. The van der Waals surface area contributed by atoms with E-state index in [0.29, 0.717) is 35.6 Å². The number of carbonyl (C=O) groups is 6. The number of benzene rings is 1. The van der Waals surface area contributed by atoms with Crippen LogP contribution in [0.15, 0.2) is 43.2 Å². The van der Waals surface area contributed by atoms with Crippen molar-refractivity contribution in [1.82, 2.24) is 14.9 Å². The first-order chi connectivity index (χ1) is 23.3. The first kappa shape index (κ1) is 38.1. The van der Waals surface area contributed by atoms with Gasteiger partial charge in [-0.25, -0.2) is 14.6 Å². The van der Waals surface area contributed by atoms with E-state index in [1.54, 1.807) is 18.2 Å². The Labute approximate surface area is 284 Å². The number of hydrogen-bond donors (Lipinski definition) is 2. The molecule has 2 atom stereocenters. The van der Waals surface area contributed by atoms with Gasteiger partial charge in [0.05, 0.1) is 37.9 Å². The van der Waals surface area contributed by atoms with Crippen molar-refractivity contribution in [1.29, 1.82) is 0 Å². The lowest BCUT2D eigenvalue weighted by Crippen LogP contribution is -2.53. The summed E-state index contributed by atoms with van der Waals surface area (Å²) in [6, 6.07) is 4.01. The molecule has 0 spiro atoms. The maximum Gasteiger partial charge on any atom is 0.330 e. The second-order valence-electron chi connectivity index (χ2n) is 12.0. The topological polar surface area (TPSA) is 201 Å². The van der Waals surface area contributed by atoms with Crippen LogP contribution < -0.4 is 14.8 Å². The van der Waals surface area contributed by atoms with Gasteiger partial charge >= 0.3 is 17.9 Å². The van der Waals surface area contributed by atoms with Crippen LogP contribution in [0.1, 0.15) is 69.7 Å². The Kier molecular flexibility index (Phi) is 13.8. The molecule has 2 N–H and O–H groups in total. The number of ketones is 1. The van der Waals surface area contributed by atoms with Crippen LogP contribution in [0, 0.1) is 5.41 Å². The molecule has 1 aromatic carbocycles. The Hall–Kier alpha value is -5.34. The highest BCUT2D eigenvalue weighted by molar-refractivity contribution is 6.38. The number of esters is 2. The number of ether oxygens (including phenoxy) is 4. The maximum absolute atomic E-state index is 13.8. The van der Waals surface area contributed by atoms with Gasteiger partial charge in [-0.1, -0.05) is 12.6 Å². The number of amides is 2. The number of anilines is 1. The molecule has 1 fully saturated rings. The van der Waals surface area contributed by atoms with Crippen molar-refractivity contribution in [3.05, 3.63) is 54.5 Å². The molecule has 2 amide bonds.